The Morgan fingerprint density at radius 1 is 1.44 bits per heavy atom. The minimum Gasteiger partial charge on any atom is -0.465 e. The number of rotatable bonds is 3. The minimum absolute atomic E-state index is 0.184. The van der Waals surface area contributed by atoms with Gasteiger partial charge in [-0.1, -0.05) is 17.7 Å². The number of fused-ring (bicyclic) bond motifs is 3. The average molecular weight is 389 g/mol. The molecule has 7 nitrogen and oxygen atoms in total. The number of hydrogen-bond donors (Lipinski definition) is 0. The molecule has 8 heteroatoms. The van der Waals surface area contributed by atoms with Crippen molar-refractivity contribution in [2.75, 3.05) is 43.2 Å². The summed E-state index contributed by atoms with van der Waals surface area (Å²) in [6.45, 7) is 5.39. The molecule has 142 valence electrons. The van der Waals surface area contributed by atoms with E-state index < -0.39 is 0 Å². The summed E-state index contributed by atoms with van der Waals surface area (Å²) in [4.78, 5) is 25.3. The van der Waals surface area contributed by atoms with E-state index in [0.717, 1.165) is 35.7 Å². The predicted molar refractivity (Wildman–Crippen MR) is 103 cm³/mol. The van der Waals surface area contributed by atoms with Crippen LogP contribution in [-0.4, -0.2) is 55.4 Å². The van der Waals surface area contributed by atoms with E-state index in [1.807, 2.05) is 25.1 Å². The van der Waals surface area contributed by atoms with Gasteiger partial charge in [0, 0.05) is 19.6 Å². The zero-order valence-corrected chi connectivity index (χ0v) is 16.1. The second-order valence-corrected chi connectivity index (χ2v) is 7.14. The fourth-order valence-corrected chi connectivity index (χ4v) is 3.86. The number of carbonyl (C=O) groups excluding carboxylic acids is 1. The van der Waals surface area contributed by atoms with Gasteiger partial charge in [0.15, 0.2) is 5.82 Å². The molecule has 0 aliphatic carbocycles. The van der Waals surface area contributed by atoms with Crippen LogP contribution >= 0.6 is 11.6 Å². The molecule has 0 spiro atoms. The lowest BCUT2D eigenvalue weighted by atomic mass is 10.0. The summed E-state index contributed by atoms with van der Waals surface area (Å²) in [6.07, 6.45) is 1.75. The van der Waals surface area contributed by atoms with Gasteiger partial charge in [0.25, 0.3) is 0 Å². The van der Waals surface area contributed by atoms with Crippen LogP contribution in [0.15, 0.2) is 24.4 Å². The maximum Gasteiger partial charge on any atom is 0.338 e. The molecule has 2 aliphatic rings. The first kappa shape index (κ1) is 18.0. The number of halogens is 1. The molecule has 1 atom stereocenters. The molecule has 1 aromatic heterocycles. The standard InChI is InChI=1S/C19H21ClN4O3/c1-12-3-4-15(18(25)26-2)13(7-12)9-23-10-14-11-27-6-5-24(14)17-16(23)8-21-19(20)22-17/h3-4,7-8,14H,5-6,9-11H2,1-2H3. The topological polar surface area (TPSA) is 67.8 Å². The highest BCUT2D eigenvalue weighted by atomic mass is 35.5. The lowest BCUT2D eigenvalue weighted by molar-refractivity contribution is 0.0599. The lowest BCUT2D eigenvalue weighted by Crippen LogP contribution is -2.55. The maximum absolute atomic E-state index is 12.2. The van der Waals surface area contributed by atoms with Crippen LogP contribution in [0, 0.1) is 6.92 Å². The number of ether oxygens (including phenoxy) is 2. The molecule has 0 radical (unpaired) electrons. The molecule has 1 unspecified atom stereocenters. The maximum atomic E-state index is 12.2. The second-order valence-electron chi connectivity index (χ2n) is 6.80. The Hall–Kier alpha value is -2.38. The van der Waals surface area contributed by atoms with E-state index in [4.69, 9.17) is 21.1 Å². The van der Waals surface area contributed by atoms with Crippen molar-refractivity contribution >= 4 is 29.1 Å². The minimum atomic E-state index is -0.336. The molecule has 1 saturated heterocycles. The number of methoxy groups -OCH3 is 1. The van der Waals surface area contributed by atoms with E-state index in [1.165, 1.54) is 7.11 Å². The molecule has 2 aliphatic heterocycles. The van der Waals surface area contributed by atoms with Crippen LogP contribution in [0.4, 0.5) is 11.5 Å². The number of morpholine rings is 1. The van der Waals surface area contributed by atoms with Gasteiger partial charge >= 0.3 is 5.97 Å². The summed E-state index contributed by atoms with van der Waals surface area (Å²) in [6, 6.07) is 5.94. The monoisotopic (exact) mass is 388 g/mol. The number of carbonyl (C=O) groups is 1. The second kappa shape index (κ2) is 7.32. The van der Waals surface area contributed by atoms with Gasteiger partial charge in [-0.25, -0.2) is 9.78 Å². The van der Waals surface area contributed by atoms with Crippen molar-refractivity contribution < 1.29 is 14.3 Å². The summed E-state index contributed by atoms with van der Waals surface area (Å²) in [5.74, 6) is 0.485. The van der Waals surface area contributed by atoms with E-state index >= 15 is 0 Å². The predicted octanol–water partition coefficient (Wildman–Crippen LogP) is 2.45. The van der Waals surface area contributed by atoms with Crippen molar-refractivity contribution in [2.45, 2.75) is 19.5 Å². The number of benzene rings is 1. The Kier molecular flexibility index (Phi) is 4.88. The van der Waals surface area contributed by atoms with Crippen LogP contribution in [0.25, 0.3) is 0 Å². The number of esters is 1. The molecule has 1 aromatic carbocycles. The smallest absolute Gasteiger partial charge is 0.338 e. The third kappa shape index (κ3) is 3.44. The van der Waals surface area contributed by atoms with Crippen molar-refractivity contribution in [3.05, 3.63) is 46.4 Å². The molecule has 4 rings (SSSR count). The van der Waals surface area contributed by atoms with E-state index in [0.29, 0.717) is 25.3 Å². The Bertz CT molecular complexity index is 876. The van der Waals surface area contributed by atoms with Crippen molar-refractivity contribution in [3.8, 4) is 0 Å². The van der Waals surface area contributed by atoms with Crippen molar-refractivity contribution in [2.24, 2.45) is 0 Å². The first-order valence-corrected chi connectivity index (χ1v) is 9.24. The van der Waals surface area contributed by atoms with Gasteiger partial charge in [0.1, 0.15) is 0 Å². The van der Waals surface area contributed by atoms with Crippen LogP contribution < -0.4 is 9.80 Å². The van der Waals surface area contributed by atoms with Gasteiger partial charge in [-0.2, -0.15) is 4.98 Å². The van der Waals surface area contributed by atoms with Crippen molar-refractivity contribution in [3.63, 3.8) is 0 Å². The summed E-state index contributed by atoms with van der Waals surface area (Å²) in [7, 11) is 1.40. The van der Waals surface area contributed by atoms with Crippen LogP contribution in [0.2, 0.25) is 5.28 Å². The fraction of sp³-hybridized carbons (Fsp3) is 0.421. The first-order valence-electron chi connectivity index (χ1n) is 8.86. The van der Waals surface area contributed by atoms with E-state index in [1.54, 1.807) is 6.20 Å². The molecule has 0 amide bonds. The summed E-state index contributed by atoms with van der Waals surface area (Å²) < 4.78 is 10.6. The number of hydrogen-bond acceptors (Lipinski definition) is 7. The van der Waals surface area contributed by atoms with Crippen molar-refractivity contribution in [1.82, 2.24) is 9.97 Å². The molecular formula is C19H21ClN4O3. The lowest BCUT2D eigenvalue weighted by Gasteiger charge is -2.45. The third-order valence-corrected chi connectivity index (χ3v) is 5.20. The highest BCUT2D eigenvalue weighted by molar-refractivity contribution is 6.28. The molecule has 0 saturated carbocycles. The molecule has 0 bridgehead atoms. The zero-order chi connectivity index (χ0) is 19.0. The number of aromatic nitrogens is 2. The van der Waals surface area contributed by atoms with Gasteiger partial charge in [-0.3, -0.25) is 0 Å². The Labute approximate surface area is 162 Å². The summed E-state index contributed by atoms with van der Waals surface area (Å²) >= 11 is 6.06. The van der Waals surface area contributed by atoms with Gasteiger partial charge in [0.05, 0.1) is 43.8 Å². The quantitative estimate of drug-likeness (QED) is 0.591. The highest BCUT2D eigenvalue weighted by Crippen LogP contribution is 2.36. The zero-order valence-electron chi connectivity index (χ0n) is 15.3. The average Bonchev–Trinajstić information content (AvgIpc) is 2.67. The van der Waals surface area contributed by atoms with Gasteiger partial charge in [-0.15, -0.1) is 0 Å². The fourth-order valence-electron chi connectivity index (χ4n) is 3.74. The van der Waals surface area contributed by atoms with E-state index in [9.17, 15) is 4.79 Å². The van der Waals surface area contributed by atoms with Crippen LogP contribution in [0.5, 0.6) is 0 Å². The van der Waals surface area contributed by atoms with E-state index in [2.05, 4.69) is 19.8 Å². The molecular weight excluding hydrogens is 368 g/mol. The Morgan fingerprint density at radius 3 is 3.11 bits per heavy atom. The Morgan fingerprint density at radius 2 is 2.30 bits per heavy atom. The SMILES string of the molecule is COC(=O)c1ccc(C)cc1CN1CC2COCCN2c2nc(Cl)ncc21. The van der Waals surface area contributed by atoms with Crippen molar-refractivity contribution in [1.29, 1.82) is 0 Å². The molecule has 0 N–H and O–H groups in total. The summed E-state index contributed by atoms with van der Waals surface area (Å²) in [5, 5.41) is 0.228. The first-order chi connectivity index (χ1) is 13.1. The molecule has 2 aromatic rings. The van der Waals surface area contributed by atoms with Crippen LogP contribution in [0.1, 0.15) is 21.5 Å². The largest absolute Gasteiger partial charge is 0.465 e. The number of anilines is 2. The Balaban J connectivity index is 1.72. The van der Waals surface area contributed by atoms with E-state index in [-0.39, 0.29) is 17.3 Å². The number of nitrogens with zero attached hydrogens (tertiary/aromatic N) is 4. The third-order valence-electron chi connectivity index (χ3n) is 5.02. The normalized spacial score (nSPS) is 18.7. The molecule has 27 heavy (non-hydrogen) atoms. The van der Waals surface area contributed by atoms with Gasteiger partial charge < -0.3 is 19.3 Å². The number of aryl methyl sites for hydroxylation is 1. The van der Waals surface area contributed by atoms with Gasteiger partial charge in [0.2, 0.25) is 5.28 Å². The van der Waals surface area contributed by atoms with Crippen LogP contribution in [0.3, 0.4) is 0 Å². The molecule has 3 heterocycles. The highest BCUT2D eigenvalue weighted by Gasteiger charge is 2.35. The molecule has 1 fully saturated rings. The van der Waals surface area contributed by atoms with Gasteiger partial charge in [-0.05, 0) is 30.2 Å². The van der Waals surface area contributed by atoms with Crippen LogP contribution in [-0.2, 0) is 16.0 Å². The summed E-state index contributed by atoms with van der Waals surface area (Å²) in [5.41, 5.74) is 3.48.